The third-order valence-electron chi connectivity index (χ3n) is 3.50. The molecule has 0 aliphatic carbocycles. The van der Waals surface area contributed by atoms with Gasteiger partial charge in [0.15, 0.2) is 0 Å². The van der Waals surface area contributed by atoms with Crippen molar-refractivity contribution >= 4 is 12.2 Å². The summed E-state index contributed by atoms with van der Waals surface area (Å²) in [4.78, 5) is 0. The van der Waals surface area contributed by atoms with Gasteiger partial charge in [0.05, 0.1) is 0 Å². The monoisotopic (exact) mass is 233 g/mol. The molecule has 1 aromatic heterocycles. The Bertz CT molecular complexity index is 409. The second-order valence-electron chi connectivity index (χ2n) is 5.38. The quantitative estimate of drug-likeness (QED) is 0.535. The molecule has 1 fully saturated rings. The summed E-state index contributed by atoms with van der Waals surface area (Å²) in [6.07, 6.45) is 3.27. The van der Waals surface area contributed by atoms with E-state index in [4.69, 9.17) is 9.31 Å². The number of nitrogens with zero attached hydrogens (tertiary/aromatic N) is 2. The standard InChI is InChI=1S/C10H18BN2O3.Li.H/c1-9(2)10(3,4)16-11(14,15-9)8-6-12-13(5)7-8;;/h6-7,14H,1-5H3;;/q-1;+1;-1. The molecular weight excluding hydrogens is 214 g/mol. The number of aryl methyl sites for hydroxylation is 1. The van der Waals surface area contributed by atoms with Gasteiger partial charge in [-0.15, -0.1) is 0 Å². The van der Waals surface area contributed by atoms with E-state index in [0.717, 1.165) is 0 Å². The Hall–Kier alpha value is -0.248. The maximum atomic E-state index is 10.4. The molecule has 2 rings (SSSR count). The molecule has 5 nitrogen and oxygen atoms in total. The number of rotatable bonds is 1. The van der Waals surface area contributed by atoms with Crippen LogP contribution in [0.15, 0.2) is 12.4 Å². The van der Waals surface area contributed by atoms with Crippen molar-refractivity contribution in [3.8, 4) is 0 Å². The predicted octanol–water partition coefficient (Wildman–Crippen LogP) is -2.72. The summed E-state index contributed by atoms with van der Waals surface area (Å²) in [7, 11) is 1.79. The van der Waals surface area contributed by atoms with E-state index in [1.54, 1.807) is 24.1 Å². The molecule has 17 heavy (non-hydrogen) atoms. The molecule has 0 saturated carbocycles. The van der Waals surface area contributed by atoms with Crippen LogP contribution < -0.4 is 24.3 Å². The summed E-state index contributed by atoms with van der Waals surface area (Å²) >= 11 is 0. The Balaban J connectivity index is 0.00000144. The van der Waals surface area contributed by atoms with Crippen molar-refractivity contribution < 1.29 is 34.6 Å². The summed E-state index contributed by atoms with van der Waals surface area (Å²) in [5, 5.41) is 14.4. The Morgan fingerprint density at radius 2 is 1.76 bits per heavy atom. The van der Waals surface area contributed by atoms with Crippen LogP contribution in [0.3, 0.4) is 0 Å². The molecule has 92 valence electrons. The van der Waals surface area contributed by atoms with Gasteiger partial charge in [-0.25, -0.2) is 0 Å². The Kier molecular flexibility index (Phi) is 3.61. The molecule has 0 atom stereocenters. The number of hydrogen-bond acceptors (Lipinski definition) is 4. The Morgan fingerprint density at radius 3 is 2.12 bits per heavy atom. The van der Waals surface area contributed by atoms with Crippen molar-refractivity contribution in [1.82, 2.24) is 9.78 Å². The fraction of sp³-hybridized carbons (Fsp3) is 0.700. The third-order valence-corrected chi connectivity index (χ3v) is 3.50. The zero-order chi connectivity index (χ0) is 12.2. The van der Waals surface area contributed by atoms with Crippen LogP contribution in [-0.2, 0) is 16.4 Å². The fourth-order valence-electron chi connectivity index (χ4n) is 1.87. The van der Waals surface area contributed by atoms with E-state index in [-0.39, 0.29) is 20.3 Å². The van der Waals surface area contributed by atoms with Crippen molar-refractivity contribution in [3.63, 3.8) is 0 Å². The molecular formula is C10H19BLiN2O3-. The van der Waals surface area contributed by atoms with Crippen LogP contribution in [-0.4, -0.2) is 32.8 Å². The molecule has 0 amide bonds. The normalized spacial score (nSPS) is 24.4. The minimum Gasteiger partial charge on any atom is -1.00 e. The largest absolute Gasteiger partial charge is 1.00 e. The molecule has 0 bridgehead atoms. The van der Waals surface area contributed by atoms with Gasteiger partial charge >= 0.3 is 25.6 Å². The molecule has 1 aliphatic rings. The zero-order valence-electron chi connectivity index (χ0n) is 12.4. The molecule has 2 heterocycles. The molecule has 0 spiro atoms. The number of hydrogen-bond donors (Lipinski definition) is 1. The predicted molar refractivity (Wildman–Crippen MR) is 62.3 cm³/mol. The average Bonchev–Trinajstić information content (AvgIpc) is 2.54. The average molecular weight is 233 g/mol. The van der Waals surface area contributed by atoms with E-state index in [2.05, 4.69) is 5.10 Å². The molecule has 7 heteroatoms. The van der Waals surface area contributed by atoms with Gasteiger partial charge in [-0.1, -0.05) is 5.46 Å². The van der Waals surface area contributed by atoms with Gasteiger partial charge in [-0.05, 0) is 33.9 Å². The first kappa shape index (κ1) is 14.8. The van der Waals surface area contributed by atoms with Crippen LogP contribution in [0.1, 0.15) is 29.1 Å². The smallest absolute Gasteiger partial charge is 1.00 e. The minimum atomic E-state index is -2.42. The van der Waals surface area contributed by atoms with Gasteiger partial charge in [0, 0.05) is 24.4 Å². The van der Waals surface area contributed by atoms with Crippen molar-refractivity contribution in [2.45, 2.75) is 38.9 Å². The van der Waals surface area contributed by atoms with Gasteiger partial charge in [-0.2, -0.15) is 5.10 Å². The summed E-state index contributed by atoms with van der Waals surface area (Å²) < 4.78 is 13.0. The zero-order valence-corrected chi connectivity index (χ0v) is 11.4. The van der Waals surface area contributed by atoms with Gasteiger partial charge in [-0.3, -0.25) is 4.68 Å². The topological polar surface area (TPSA) is 56.5 Å². The Morgan fingerprint density at radius 1 is 1.29 bits per heavy atom. The maximum Gasteiger partial charge on any atom is 1.00 e. The van der Waals surface area contributed by atoms with Crippen LogP contribution in [0.25, 0.3) is 0 Å². The van der Waals surface area contributed by atoms with E-state index >= 15 is 0 Å². The minimum absolute atomic E-state index is 0. The van der Waals surface area contributed by atoms with Crippen LogP contribution in [0.2, 0.25) is 0 Å². The first-order valence-corrected chi connectivity index (χ1v) is 5.42. The van der Waals surface area contributed by atoms with E-state index in [0.29, 0.717) is 5.46 Å². The van der Waals surface area contributed by atoms with E-state index < -0.39 is 18.0 Å². The van der Waals surface area contributed by atoms with Gasteiger partial charge in [0.2, 0.25) is 0 Å². The van der Waals surface area contributed by atoms with Crippen molar-refractivity contribution in [2.24, 2.45) is 7.05 Å². The number of aromatic nitrogens is 2. The molecule has 0 radical (unpaired) electrons. The van der Waals surface area contributed by atoms with Gasteiger partial charge in [0.25, 0.3) is 0 Å². The maximum absolute atomic E-state index is 10.4. The SMILES string of the molecule is Cn1cc([B-]2(O)OC(C)(C)C(C)(C)O2)cn1.[H-].[Li+]. The van der Waals surface area contributed by atoms with Crippen LogP contribution in [0, 0.1) is 0 Å². The van der Waals surface area contributed by atoms with Crippen molar-refractivity contribution in [2.75, 3.05) is 0 Å². The molecule has 0 aromatic carbocycles. The molecule has 1 N–H and O–H groups in total. The second kappa shape index (κ2) is 4.15. The Labute approximate surface area is 115 Å². The second-order valence-corrected chi connectivity index (χ2v) is 5.38. The van der Waals surface area contributed by atoms with Crippen LogP contribution >= 0.6 is 0 Å². The summed E-state index contributed by atoms with van der Waals surface area (Å²) in [6.45, 7) is 5.20. The fourth-order valence-corrected chi connectivity index (χ4v) is 1.87. The summed E-state index contributed by atoms with van der Waals surface area (Å²) in [5.41, 5.74) is -0.518. The van der Waals surface area contributed by atoms with Crippen LogP contribution in [0.4, 0.5) is 0 Å². The first-order valence-electron chi connectivity index (χ1n) is 5.42. The molecule has 0 unspecified atom stereocenters. The van der Waals surface area contributed by atoms with Crippen molar-refractivity contribution in [3.05, 3.63) is 12.4 Å². The van der Waals surface area contributed by atoms with Crippen molar-refractivity contribution in [1.29, 1.82) is 0 Å². The van der Waals surface area contributed by atoms with Gasteiger partial charge in [0.1, 0.15) is 0 Å². The third kappa shape index (κ3) is 2.33. The molecule has 1 aliphatic heterocycles. The van der Waals surface area contributed by atoms with Crippen LogP contribution in [0.5, 0.6) is 0 Å². The molecule has 1 saturated heterocycles. The van der Waals surface area contributed by atoms with E-state index in [1.807, 2.05) is 27.7 Å². The van der Waals surface area contributed by atoms with Gasteiger partial charge < -0.3 is 15.8 Å². The first-order chi connectivity index (χ1) is 7.16. The summed E-state index contributed by atoms with van der Waals surface area (Å²) in [5.74, 6) is 0. The van der Waals surface area contributed by atoms with E-state index in [1.165, 1.54) is 0 Å². The molecule has 1 aromatic rings. The summed E-state index contributed by atoms with van der Waals surface area (Å²) in [6, 6.07) is 0. The van der Waals surface area contributed by atoms with E-state index in [9.17, 15) is 5.02 Å².